The minimum atomic E-state index is -0.707. The molecular formula is C18H14N2O5. The Morgan fingerprint density at radius 2 is 1.92 bits per heavy atom. The average molecular weight is 338 g/mol. The van der Waals surface area contributed by atoms with Crippen molar-refractivity contribution in [3.05, 3.63) is 69.9 Å². The Morgan fingerprint density at radius 3 is 2.64 bits per heavy atom. The molecule has 0 aliphatic carbocycles. The molecule has 0 aliphatic rings. The first kappa shape index (κ1) is 16.4. The lowest BCUT2D eigenvalue weighted by Crippen LogP contribution is -2.10. The number of carbonyl (C=O) groups excluding carboxylic acids is 1. The number of benzene rings is 2. The smallest absolute Gasteiger partial charge is 0.343 e. The SMILES string of the molecule is COc1ccc(C(=O)Oc2cccc3ccc(C)nc23)cc1[N+](=O)[O-]. The molecule has 0 saturated heterocycles. The molecule has 2 aromatic carbocycles. The lowest BCUT2D eigenvalue weighted by molar-refractivity contribution is -0.385. The molecule has 0 fully saturated rings. The van der Waals surface area contributed by atoms with Crippen LogP contribution >= 0.6 is 0 Å². The minimum absolute atomic E-state index is 0.0529. The van der Waals surface area contributed by atoms with Crippen molar-refractivity contribution in [3.8, 4) is 11.5 Å². The van der Waals surface area contributed by atoms with Crippen LogP contribution in [-0.4, -0.2) is 23.0 Å². The summed E-state index contributed by atoms with van der Waals surface area (Å²) in [5.41, 5.74) is 1.09. The summed E-state index contributed by atoms with van der Waals surface area (Å²) >= 11 is 0. The number of ether oxygens (including phenoxy) is 2. The third-order valence-electron chi connectivity index (χ3n) is 3.64. The molecule has 25 heavy (non-hydrogen) atoms. The normalized spacial score (nSPS) is 10.5. The zero-order valence-corrected chi connectivity index (χ0v) is 13.6. The van der Waals surface area contributed by atoms with Crippen molar-refractivity contribution in [2.75, 3.05) is 7.11 Å². The Balaban J connectivity index is 1.97. The monoisotopic (exact) mass is 338 g/mol. The van der Waals surface area contributed by atoms with E-state index in [1.807, 2.05) is 25.1 Å². The fourth-order valence-electron chi connectivity index (χ4n) is 2.42. The highest BCUT2D eigenvalue weighted by atomic mass is 16.6. The largest absolute Gasteiger partial charge is 0.490 e. The fraction of sp³-hybridized carbons (Fsp3) is 0.111. The second-order valence-corrected chi connectivity index (χ2v) is 5.31. The van der Waals surface area contributed by atoms with E-state index in [0.29, 0.717) is 11.3 Å². The molecule has 7 nitrogen and oxygen atoms in total. The summed E-state index contributed by atoms with van der Waals surface area (Å²) < 4.78 is 10.3. The van der Waals surface area contributed by atoms with Gasteiger partial charge in [-0.15, -0.1) is 0 Å². The molecule has 3 rings (SSSR count). The van der Waals surface area contributed by atoms with E-state index in [0.717, 1.165) is 17.1 Å². The van der Waals surface area contributed by atoms with E-state index in [1.54, 1.807) is 12.1 Å². The van der Waals surface area contributed by atoms with Gasteiger partial charge in [-0.3, -0.25) is 10.1 Å². The maximum Gasteiger partial charge on any atom is 0.343 e. The number of hydrogen-bond acceptors (Lipinski definition) is 6. The summed E-state index contributed by atoms with van der Waals surface area (Å²) in [6.07, 6.45) is 0. The number of nitro groups is 1. The van der Waals surface area contributed by atoms with Gasteiger partial charge in [0.1, 0.15) is 5.52 Å². The first-order chi connectivity index (χ1) is 12.0. The van der Waals surface area contributed by atoms with Crippen molar-refractivity contribution in [1.29, 1.82) is 0 Å². The predicted molar refractivity (Wildman–Crippen MR) is 91.1 cm³/mol. The average Bonchev–Trinajstić information content (AvgIpc) is 2.61. The molecule has 126 valence electrons. The second kappa shape index (κ2) is 6.56. The van der Waals surface area contributed by atoms with E-state index in [9.17, 15) is 14.9 Å². The van der Waals surface area contributed by atoms with Crippen molar-refractivity contribution in [3.63, 3.8) is 0 Å². The van der Waals surface area contributed by atoms with Crippen LogP contribution in [0.1, 0.15) is 16.1 Å². The fourth-order valence-corrected chi connectivity index (χ4v) is 2.42. The van der Waals surface area contributed by atoms with Crippen molar-refractivity contribution < 1.29 is 19.2 Å². The molecule has 0 saturated carbocycles. The number of pyridine rings is 1. The van der Waals surface area contributed by atoms with Crippen LogP contribution in [-0.2, 0) is 0 Å². The molecule has 7 heteroatoms. The van der Waals surface area contributed by atoms with Crippen LogP contribution in [0.4, 0.5) is 5.69 Å². The van der Waals surface area contributed by atoms with Crippen LogP contribution in [0.25, 0.3) is 10.9 Å². The van der Waals surface area contributed by atoms with Crippen LogP contribution in [0.2, 0.25) is 0 Å². The number of para-hydroxylation sites is 1. The van der Waals surface area contributed by atoms with Gasteiger partial charge in [-0.25, -0.2) is 9.78 Å². The van der Waals surface area contributed by atoms with Gasteiger partial charge in [-0.1, -0.05) is 18.2 Å². The number of hydrogen-bond donors (Lipinski definition) is 0. The predicted octanol–water partition coefficient (Wildman–Crippen LogP) is 3.68. The van der Waals surface area contributed by atoms with Crippen molar-refractivity contribution in [2.45, 2.75) is 6.92 Å². The molecule has 3 aromatic rings. The van der Waals surface area contributed by atoms with Gasteiger partial charge in [0.05, 0.1) is 17.6 Å². The Labute approximate surface area is 143 Å². The summed E-state index contributed by atoms with van der Waals surface area (Å²) in [5.74, 6) is -0.338. The minimum Gasteiger partial charge on any atom is -0.490 e. The number of carbonyl (C=O) groups is 1. The quantitative estimate of drug-likeness (QED) is 0.312. The van der Waals surface area contributed by atoms with Gasteiger partial charge < -0.3 is 9.47 Å². The first-order valence-electron chi connectivity index (χ1n) is 7.40. The Bertz CT molecular complexity index is 984. The molecule has 1 aromatic heterocycles. The molecule has 0 bridgehead atoms. The van der Waals surface area contributed by atoms with Crippen molar-refractivity contribution in [2.24, 2.45) is 0 Å². The third kappa shape index (κ3) is 3.25. The summed E-state index contributed by atoms with van der Waals surface area (Å²) in [5, 5.41) is 11.9. The lowest BCUT2D eigenvalue weighted by atomic mass is 10.1. The Kier molecular flexibility index (Phi) is 4.30. The number of aryl methyl sites for hydroxylation is 1. The molecule has 0 atom stereocenters. The van der Waals surface area contributed by atoms with Gasteiger partial charge in [0.25, 0.3) is 0 Å². The summed E-state index contributed by atoms with van der Waals surface area (Å²) in [6, 6.07) is 12.9. The summed E-state index contributed by atoms with van der Waals surface area (Å²) in [6.45, 7) is 1.84. The number of nitrogens with zero attached hydrogens (tertiary/aromatic N) is 2. The molecule has 0 radical (unpaired) electrons. The van der Waals surface area contributed by atoms with Gasteiger partial charge in [-0.2, -0.15) is 0 Å². The maximum absolute atomic E-state index is 12.4. The van der Waals surface area contributed by atoms with E-state index in [2.05, 4.69) is 4.98 Å². The second-order valence-electron chi connectivity index (χ2n) is 5.31. The maximum atomic E-state index is 12.4. The van der Waals surface area contributed by atoms with E-state index < -0.39 is 10.9 Å². The number of aromatic nitrogens is 1. The van der Waals surface area contributed by atoms with Gasteiger partial charge in [0.15, 0.2) is 11.5 Å². The molecule has 1 heterocycles. The molecule has 0 N–H and O–H groups in total. The Morgan fingerprint density at radius 1 is 1.12 bits per heavy atom. The van der Waals surface area contributed by atoms with Crippen LogP contribution in [0.5, 0.6) is 11.5 Å². The molecule has 0 unspecified atom stereocenters. The van der Waals surface area contributed by atoms with E-state index in [4.69, 9.17) is 9.47 Å². The van der Waals surface area contributed by atoms with Crippen LogP contribution < -0.4 is 9.47 Å². The molecular weight excluding hydrogens is 324 g/mol. The van der Waals surface area contributed by atoms with Gasteiger partial charge in [0.2, 0.25) is 0 Å². The van der Waals surface area contributed by atoms with Crippen molar-refractivity contribution in [1.82, 2.24) is 4.98 Å². The lowest BCUT2D eigenvalue weighted by Gasteiger charge is -2.08. The highest BCUT2D eigenvalue weighted by Gasteiger charge is 2.20. The molecule has 0 amide bonds. The number of nitro benzene ring substituents is 1. The number of rotatable bonds is 4. The van der Waals surface area contributed by atoms with Gasteiger partial charge >= 0.3 is 11.7 Å². The third-order valence-corrected chi connectivity index (χ3v) is 3.64. The van der Waals surface area contributed by atoms with Crippen LogP contribution in [0, 0.1) is 17.0 Å². The molecule has 0 spiro atoms. The standard InChI is InChI=1S/C18H14N2O5/c1-11-6-7-12-4-3-5-16(17(12)19-11)25-18(21)13-8-9-15(24-2)14(10-13)20(22)23/h3-10H,1-2H3. The van der Waals surface area contributed by atoms with Crippen LogP contribution in [0.15, 0.2) is 48.5 Å². The van der Waals surface area contributed by atoms with Crippen molar-refractivity contribution >= 4 is 22.6 Å². The van der Waals surface area contributed by atoms with E-state index in [1.165, 1.54) is 19.2 Å². The zero-order valence-electron chi connectivity index (χ0n) is 13.6. The highest BCUT2D eigenvalue weighted by molar-refractivity contribution is 5.95. The Hall–Kier alpha value is -3.48. The van der Waals surface area contributed by atoms with Crippen LogP contribution in [0.3, 0.4) is 0 Å². The summed E-state index contributed by atoms with van der Waals surface area (Å²) in [4.78, 5) is 27.3. The first-order valence-corrected chi connectivity index (χ1v) is 7.40. The number of methoxy groups -OCH3 is 1. The highest BCUT2D eigenvalue weighted by Crippen LogP contribution is 2.29. The van der Waals surface area contributed by atoms with E-state index >= 15 is 0 Å². The topological polar surface area (TPSA) is 91.6 Å². The van der Waals surface area contributed by atoms with Gasteiger partial charge in [-0.05, 0) is 31.2 Å². The number of esters is 1. The van der Waals surface area contributed by atoms with Gasteiger partial charge in [0, 0.05) is 17.1 Å². The molecule has 0 aliphatic heterocycles. The van der Waals surface area contributed by atoms with E-state index in [-0.39, 0.29) is 17.0 Å². The zero-order chi connectivity index (χ0) is 18.0. The number of fused-ring (bicyclic) bond motifs is 1. The summed E-state index contributed by atoms with van der Waals surface area (Å²) in [7, 11) is 1.32.